The summed E-state index contributed by atoms with van der Waals surface area (Å²) in [6, 6.07) is 5.00. The average molecular weight is 250 g/mol. The number of ether oxygens (including phenoxy) is 1. The van der Waals surface area contributed by atoms with E-state index in [4.69, 9.17) is 9.84 Å². The molecule has 0 aliphatic heterocycles. The van der Waals surface area contributed by atoms with Gasteiger partial charge in [0.2, 0.25) is 0 Å². The lowest BCUT2D eigenvalue weighted by molar-refractivity contribution is -0.143. The average Bonchev–Trinajstić information content (AvgIpc) is 2.38. The second-order valence-corrected chi connectivity index (χ2v) is 4.33. The summed E-state index contributed by atoms with van der Waals surface area (Å²) in [5.41, 5.74) is 1.14. The van der Waals surface area contributed by atoms with Crippen molar-refractivity contribution in [2.75, 3.05) is 13.7 Å². The van der Waals surface area contributed by atoms with Crippen LogP contribution >= 0.6 is 0 Å². The zero-order valence-corrected chi connectivity index (χ0v) is 9.92. The van der Waals surface area contributed by atoms with E-state index in [2.05, 4.69) is 0 Å². The first-order valence-corrected chi connectivity index (χ1v) is 5.63. The molecule has 2 atom stereocenters. The number of aliphatic hydroxyl groups is 1. The van der Waals surface area contributed by atoms with E-state index in [1.165, 1.54) is 7.11 Å². The number of ketones is 1. The molecule has 0 aromatic heterocycles. The maximum Gasteiger partial charge on any atom is 0.307 e. The second-order valence-electron chi connectivity index (χ2n) is 4.33. The lowest BCUT2D eigenvalue weighted by Crippen LogP contribution is -2.38. The van der Waals surface area contributed by atoms with Gasteiger partial charge in [0.05, 0.1) is 25.6 Å². The van der Waals surface area contributed by atoms with Crippen LogP contribution in [0, 0.1) is 11.8 Å². The van der Waals surface area contributed by atoms with Crippen LogP contribution in [0.15, 0.2) is 18.2 Å². The fourth-order valence-electron chi connectivity index (χ4n) is 2.32. The van der Waals surface area contributed by atoms with Gasteiger partial charge in [-0.1, -0.05) is 6.07 Å². The Morgan fingerprint density at radius 3 is 2.78 bits per heavy atom. The first kappa shape index (κ1) is 12.6. The Kier molecular flexibility index (Phi) is 3.34. The Hall–Kier alpha value is -1.88. The van der Waals surface area contributed by atoms with Crippen molar-refractivity contribution in [1.29, 1.82) is 0 Å². The minimum absolute atomic E-state index is 0.256. The molecule has 5 heteroatoms. The van der Waals surface area contributed by atoms with E-state index >= 15 is 0 Å². The molecule has 1 aromatic rings. The third-order valence-electron chi connectivity index (χ3n) is 3.36. The number of benzene rings is 1. The topological polar surface area (TPSA) is 83.8 Å². The van der Waals surface area contributed by atoms with Crippen molar-refractivity contribution in [3.05, 3.63) is 29.3 Å². The molecule has 0 unspecified atom stereocenters. The minimum Gasteiger partial charge on any atom is -0.497 e. The molecule has 0 spiro atoms. The molecule has 0 fully saturated rings. The summed E-state index contributed by atoms with van der Waals surface area (Å²) >= 11 is 0. The number of aliphatic hydroxyl groups excluding tert-OH is 1. The Morgan fingerprint density at radius 1 is 1.50 bits per heavy atom. The van der Waals surface area contributed by atoms with Crippen molar-refractivity contribution >= 4 is 11.8 Å². The zero-order chi connectivity index (χ0) is 13.3. The van der Waals surface area contributed by atoms with Gasteiger partial charge in [0, 0.05) is 5.56 Å². The van der Waals surface area contributed by atoms with Crippen molar-refractivity contribution < 1.29 is 24.5 Å². The number of carboxylic acid groups (broad SMARTS) is 1. The largest absolute Gasteiger partial charge is 0.497 e. The van der Waals surface area contributed by atoms with Crippen molar-refractivity contribution in [3.63, 3.8) is 0 Å². The van der Waals surface area contributed by atoms with Gasteiger partial charge < -0.3 is 14.9 Å². The number of fused-ring (bicyclic) bond motifs is 1. The third-order valence-corrected chi connectivity index (χ3v) is 3.36. The molecule has 5 nitrogen and oxygen atoms in total. The summed E-state index contributed by atoms with van der Waals surface area (Å²) in [5.74, 6) is -2.56. The lowest BCUT2D eigenvalue weighted by Gasteiger charge is -2.28. The molecule has 18 heavy (non-hydrogen) atoms. The van der Waals surface area contributed by atoms with E-state index < -0.39 is 24.4 Å². The molecule has 0 bridgehead atoms. The molecule has 2 N–H and O–H groups in total. The second kappa shape index (κ2) is 4.78. The quantitative estimate of drug-likeness (QED) is 0.826. The van der Waals surface area contributed by atoms with Crippen molar-refractivity contribution in [3.8, 4) is 5.75 Å². The molecule has 0 saturated carbocycles. The number of hydrogen-bond donors (Lipinski definition) is 2. The number of carboxylic acids is 1. The molecule has 1 aliphatic carbocycles. The highest BCUT2D eigenvalue weighted by molar-refractivity contribution is 6.03. The van der Waals surface area contributed by atoms with Crippen LogP contribution in [0.25, 0.3) is 0 Å². The van der Waals surface area contributed by atoms with E-state index in [1.807, 2.05) is 0 Å². The molecule has 1 aromatic carbocycles. The minimum atomic E-state index is -1.05. The summed E-state index contributed by atoms with van der Waals surface area (Å²) in [7, 11) is 1.50. The van der Waals surface area contributed by atoms with Crippen LogP contribution in [0.1, 0.15) is 15.9 Å². The van der Waals surface area contributed by atoms with E-state index in [0.717, 1.165) is 0 Å². The van der Waals surface area contributed by atoms with Crippen LogP contribution in [0.5, 0.6) is 5.75 Å². The van der Waals surface area contributed by atoms with Crippen molar-refractivity contribution in [2.24, 2.45) is 11.8 Å². The van der Waals surface area contributed by atoms with Crippen molar-refractivity contribution in [1.82, 2.24) is 0 Å². The zero-order valence-electron chi connectivity index (χ0n) is 9.92. The van der Waals surface area contributed by atoms with E-state index in [9.17, 15) is 14.7 Å². The van der Waals surface area contributed by atoms with Crippen LogP contribution in [0.4, 0.5) is 0 Å². The molecule has 0 radical (unpaired) electrons. The molecule has 0 amide bonds. The summed E-state index contributed by atoms with van der Waals surface area (Å²) in [6.07, 6.45) is 0.256. The molecule has 1 aliphatic rings. The van der Waals surface area contributed by atoms with Crippen LogP contribution in [-0.2, 0) is 11.2 Å². The predicted octanol–water partition coefficient (Wildman–Crippen LogP) is 0.743. The normalized spacial score (nSPS) is 22.4. The van der Waals surface area contributed by atoms with Crippen LogP contribution in [0.3, 0.4) is 0 Å². The van der Waals surface area contributed by atoms with Gasteiger partial charge in [-0.15, -0.1) is 0 Å². The smallest absolute Gasteiger partial charge is 0.307 e. The van der Waals surface area contributed by atoms with Gasteiger partial charge in [-0.2, -0.15) is 0 Å². The van der Waals surface area contributed by atoms with Gasteiger partial charge in [-0.3, -0.25) is 9.59 Å². The Balaban J connectivity index is 2.46. The number of aliphatic carboxylic acids is 1. The number of rotatable bonds is 3. The van der Waals surface area contributed by atoms with Gasteiger partial charge in [-0.25, -0.2) is 0 Å². The standard InChI is InChI=1S/C13H14O5/c1-18-8-3-2-7-4-10(13(16)17)11(6-14)12(15)9(7)5-8/h2-3,5,10-11,14H,4,6H2,1H3,(H,16,17)/t10-,11-/m1/s1. The monoisotopic (exact) mass is 250 g/mol. The van der Waals surface area contributed by atoms with Crippen LogP contribution in [0.2, 0.25) is 0 Å². The summed E-state index contributed by atoms with van der Waals surface area (Å²) in [5, 5.41) is 18.3. The summed E-state index contributed by atoms with van der Waals surface area (Å²) in [4.78, 5) is 23.3. The molecular weight excluding hydrogens is 236 g/mol. The van der Waals surface area contributed by atoms with Gasteiger partial charge in [-0.05, 0) is 24.1 Å². The van der Waals surface area contributed by atoms with E-state index in [0.29, 0.717) is 16.9 Å². The molecule has 0 heterocycles. The number of methoxy groups -OCH3 is 1. The fraction of sp³-hybridized carbons (Fsp3) is 0.385. The van der Waals surface area contributed by atoms with Crippen LogP contribution in [-0.4, -0.2) is 35.7 Å². The SMILES string of the molecule is COc1ccc2c(c1)C(=O)[C@H](CO)[C@H](C(=O)O)C2. The Labute approximate surface area is 104 Å². The van der Waals surface area contributed by atoms with Crippen LogP contribution < -0.4 is 4.74 Å². The molecule has 2 rings (SSSR count). The van der Waals surface area contributed by atoms with Crippen molar-refractivity contribution in [2.45, 2.75) is 6.42 Å². The predicted molar refractivity (Wildman–Crippen MR) is 62.7 cm³/mol. The number of hydrogen-bond acceptors (Lipinski definition) is 4. The highest BCUT2D eigenvalue weighted by Crippen LogP contribution is 2.32. The van der Waals surface area contributed by atoms with Gasteiger partial charge in [0.1, 0.15) is 5.75 Å². The summed E-state index contributed by atoms with van der Waals surface area (Å²) < 4.78 is 5.04. The molecular formula is C13H14O5. The Morgan fingerprint density at radius 2 is 2.22 bits per heavy atom. The van der Waals surface area contributed by atoms with Gasteiger partial charge in [0.15, 0.2) is 5.78 Å². The Bertz CT molecular complexity index is 494. The highest BCUT2D eigenvalue weighted by Gasteiger charge is 2.39. The summed E-state index contributed by atoms with van der Waals surface area (Å²) in [6.45, 7) is -0.452. The fourth-order valence-corrected chi connectivity index (χ4v) is 2.32. The third kappa shape index (κ3) is 1.97. The number of carbonyl (C=O) groups excluding carboxylic acids is 1. The van der Waals surface area contributed by atoms with Gasteiger partial charge >= 0.3 is 5.97 Å². The van der Waals surface area contributed by atoms with Gasteiger partial charge in [0.25, 0.3) is 0 Å². The first-order chi connectivity index (χ1) is 8.58. The van der Waals surface area contributed by atoms with E-state index in [-0.39, 0.29) is 12.2 Å². The first-order valence-electron chi connectivity index (χ1n) is 5.63. The highest BCUT2D eigenvalue weighted by atomic mass is 16.5. The maximum absolute atomic E-state index is 12.2. The number of carbonyl (C=O) groups is 2. The molecule has 96 valence electrons. The maximum atomic E-state index is 12.2. The number of Topliss-reactive ketones (excluding diaryl/α,β-unsaturated/α-hetero) is 1. The van der Waals surface area contributed by atoms with E-state index in [1.54, 1.807) is 18.2 Å². The molecule has 0 saturated heterocycles. The lowest BCUT2D eigenvalue weighted by atomic mass is 9.75.